The zero-order valence-corrected chi connectivity index (χ0v) is 9.59. The molecule has 0 aliphatic heterocycles. The molecular formula is C11H16ClN3. The van der Waals surface area contributed by atoms with Gasteiger partial charge in [-0.3, -0.25) is 0 Å². The summed E-state index contributed by atoms with van der Waals surface area (Å²) in [6.45, 7) is 2.17. The molecule has 82 valence electrons. The standard InChI is InChI=1S/C11H16ClN3/c1-7(8-3-2-4-8)14-11-9(13)5-6-10(12)15-11/h5-8H,2-4,13H2,1H3,(H,14,15). The molecule has 1 fully saturated rings. The number of anilines is 2. The number of hydrogen-bond donors (Lipinski definition) is 2. The third kappa shape index (κ3) is 2.34. The second-order valence-electron chi connectivity index (χ2n) is 4.20. The van der Waals surface area contributed by atoms with Gasteiger partial charge in [0.15, 0.2) is 5.82 Å². The molecule has 2 rings (SSSR count). The second-order valence-corrected chi connectivity index (χ2v) is 4.58. The van der Waals surface area contributed by atoms with Crippen LogP contribution < -0.4 is 11.1 Å². The number of hydrogen-bond acceptors (Lipinski definition) is 3. The largest absolute Gasteiger partial charge is 0.396 e. The zero-order chi connectivity index (χ0) is 10.8. The van der Waals surface area contributed by atoms with Gasteiger partial charge in [-0.25, -0.2) is 4.98 Å². The van der Waals surface area contributed by atoms with Crippen LogP contribution in [0.15, 0.2) is 12.1 Å². The van der Waals surface area contributed by atoms with E-state index in [9.17, 15) is 0 Å². The van der Waals surface area contributed by atoms with Gasteiger partial charge >= 0.3 is 0 Å². The molecule has 4 heteroatoms. The molecule has 1 aliphatic rings. The van der Waals surface area contributed by atoms with Crippen LogP contribution in [-0.4, -0.2) is 11.0 Å². The lowest BCUT2D eigenvalue weighted by atomic mass is 9.80. The Kier molecular flexibility index (Phi) is 3.00. The average Bonchev–Trinajstić information content (AvgIpc) is 2.08. The predicted molar refractivity (Wildman–Crippen MR) is 64.1 cm³/mol. The smallest absolute Gasteiger partial charge is 0.151 e. The molecule has 0 radical (unpaired) electrons. The van der Waals surface area contributed by atoms with Gasteiger partial charge in [-0.05, 0) is 37.8 Å². The maximum Gasteiger partial charge on any atom is 0.151 e. The molecule has 15 heavy (non-hydrogen) atoms. The molecule has 0 bridgehead atoms. The summed E-state index contributed by atoms with van der Waals surface area (Å²) >= 11 is 5.82. The molecule has 1 aromatic heterocycles. The van der Waals surface area contributed by atoms with E-state index in [1.54, 1.807) is 12.1 Å². The Morgan fingerprint density at radius 1 is 1.53 bits per heavy atom. The Balaban J connectivity index is 2.05. The minimum Gasteiger partial charge on any atom is -0.396 e. The van der Waals surface area contributed by atoms with Gasteiger partial charge in [0.2, 0.25) is 0 Å². The molecule has 1 aliphatic carbocycles. The minimum absolute atomic E-state index is 0.423. The van der Waals surface area contributed by atoms with E-state index in [1.807, 2.05) is 0 Å². The first kappa shape index (κ1) is 10.6. The molecule has 1 atom stereocenters. The number of nitrogens with two attached hydrogens (primary N) is 1. The molecule has 1 aromatic rings. The van der Waals surface area contributed by atoms with Crippen molar-refractivity contribution in [1.29, 1.82) is 0 Å². The highest BCUT2D eigenvalue weighted by molar-refractivity contribution is 6.29. The van der Waals surface area contributed by atoms with E-state index >= 15 is 0 Å². The van der Waals surface area contributed by atoms with Crippen LogP contribution in [0.25, 0.3) is 0 Å². The fourth-order valence-electron chi connectivity index (χ4n) is 1.84. The molecule has 0 saturated heterocycles. The number of pyridine rings is 1. The Morgan fingerprint density at radius 3 is 2.87 bits per heavy atom. The molecule has 1 heterocycles. The quantitative estimate of drug-likeness (QED) is 0.778. The molecule has 0 spiro atoms. The zero-order valence-electron chi connectivity index (χ0n) is 8.83. The molecule has 0 aromatic carbocycles. The van der Waals surface area contributed by atoms with Gasteiger partial charge < -0.3 is 11.1 Å². The number of nitrogen functional groups attached to an aromatic ring is 1. The first-order chi connectivity index (χ1) is 7.16. The van der Waals surface area contributed by atoms with Crippen molar-refractivity contribution in [2.75, 3.05) is 11.1 Å². The van der Waals surface area contributed by atoms with Gasteiger partial charge in [0, 0.05) is 6.04 Å². The summed E-state index contributed by atoms with van der Waals surface area (Å²) in [6, 6.07) is 3.91. The van der Waals surface area contributed by atoms with Crippen LogP contribution >= 0.6 is 11.6 Å². The van der Waals surface area contributed by atoms with Gasteiger partial charge in [-0.1, -0.05) is 18.0 Å². The molecule has 0 amide bonds. The van der Waals surface area contributed by atoms with Crippen LogP contribution in [0, 0.1) is 5.92 Å². The maximum atomic E-state index is 5.82. The summed E-state index contributed by atoms with van der Waals surface area (Å²) in [5, 5.41) is 3.81. The van der Waals surface area contributed by atoms with E-state index in [1.165, 1.54) is 19.3 Å². The molecule has 3 nitrogen and oxygen atoms in total. The van der Waals surface area contributed by atoms with Crippen molar-refractivity contribution >= 4 is 23.1 Å². The summed E-state index contributed by atoms with van der Waals surface area (Å²) in [4.78, 5) is 4.18. The van der Waals surface area contributed by atoms with Gasteiger partial charge in [0.25, 0.3) is 0 Å². The molecular weight excluding hydrogens is 210 g/mol. The van der Waals surface area contributed by atoms with Gasteiger partial charge in [0.05, 0.1) is 5.69 Å². The minimum atomic E-state index is 0.423. The van der Waals surface area contributed by atoms with Crippen molar-refractivity contribution in [2.24, 2.45) is 5.92 Å². The van der Waals surface area contributed by atoms with Crippen molar-refractivity contribution in [3.63, 3.8) is 0 Å². The van der Waals surface area contributed by atoms with E-state index in [4.69, 9.17) is 17.3 Å². The summed E-state index contributed by atoms with van der Waals surface area (Å²) in [6.07, 6.45) is 3.94. The number of nitrogens with one attached hydrogen (secondary N) is 1. The highest BCUT2D eigenvalue weighted by atomic mass is 35.5. The van der Waals surface area contributed by atoms with E-state index in [2.05, 4.69) is 17.2 Å². The number of halogens is 1. The average molecular weight is 226 g/mol. The summed E-state index contributed by atoms with van der Waals surface area (Å²) in [7, 11) is 0. The Labute approximate surface area is 95.0 Å². The lowest BCUT2D eigenvalue weighted by molar-refractivity contribution is 0.285. The van der Waals surface area contributed by atoms with Gasteiger partial charge in [-0.15, -0.1) is 0 Å². The first-order valence-electron chi connectivity index (χ1n) is 5.35. The second kappa shape index (κ2) is 4.27. The van der Waals surface area contributed by atoms with Crippen LogP contribution in [0.5, 0.6) is 0 Å². The Bertz CT molecular complexity index is 350. The van der Waals surface area contributed by atoms with Crippen molar-refractivity contribution in [3.8, 4) is 0 Å². The van der Waals surface area contributed by atoms with E-state index < -0.39 is 0 Å². The number of nitrogens with zero attached hydrogens (tertiary/aromatic N) is 1. The van der Waals surface area contributed by atoms with Crippen LogP contribution in [0.4, 0.5) is 11.5 Å². The van der Waals surface area contributed by atoms with E-state index in [0.717, 1.165) is 5.92 Å². The fourth-order valence-corrected chi connectivity index (χ4v) is 1.98. The topological polar surface area (TPSA) is 50.9 Å². The summed E-state index contributed by atoms with van der Waals surface area (Å²) < 4.78 is 0. The Morgan fingerprint density at radius 2 is 2.27 bits per heavy atom. The lowest BCUT2D eigenvalue weighted by Gasteiger charge is -2.32. The highest BCUT2D eigenvalue weighted by Crippen LogP contribution is 2.31. The third-order valence-electron chi connectivity index (χ3n) is 3.11. The lowest BCUT2D eigenvalue weighted by Crippen LogP contribution is -2.31. The predicted octanol–water partition coefficient (Wildman–Crippen LogP) is 2.92. The van der Waals surface area contributed by atoms with Gasteiger partial charge in [0.1, 0.15) is 5.15 Å². The number of rotatable bonds is 3. The van der Waals surface area contributed by atoms with Crippen molar-refractivity contribution in [3.05, 3.63) is 17.3 Å². The van der Waals surface area contributed by atoms with Gasteiger partial charge in [-0.2, -0.15) is 0 Å². The monoisotopic (exact) mass is 225 g/mol. The van der Waals surface area contributed by atoms with E-state index in [-0.39, 0.29) is 0 Å². The fraction of sp³-hybridized carbons (Fsp3) is 0.545. The van der Waals surface area contributed by atoms with Crippen molar-refractivity contribution in [2.45, 2.75) is 32.2 Å². The van der Waals surface area contributed by atoms with E-state index in [0.29, 0.717) is 22.7 Å². The highest BCUT2D eigenvalue weighted by Gasteiger charge is 2.24. The van der Waals surface area contributed by atoms with Crippen LogP contribution in [0.1, 0.15) is 26.2 Å². The third-order valence-corrected chi connectivity index (χ3v) is 3.32. The van der Waals surface area contributed by atoms with Crippen LogP contribution in [0.2, 0.25) is 5.15 Å². The maximum absolute atomic E-state index is 5.82. The SMILES string of the molecule is CC(Nc1nc(Cl)ccc1N)C1CCC1. The van der Waals surface area contributed by atoms with Crippen molar-refractivity contribution < 1.29 is 0 Å². The van der Waals surface area contributed by atoms with Crippen molar-refractivity contribution in [1.82, 2.24) is 4.98 Å². The molecule has 1 unspecified atom stereocenters. The summed E-state index contributed by atoms with van der Waals surface area (Å²) in [5.41, 5.74) is 6.47. The van der Waals surface area contributed by atoms with Crippen LogP contribution in [-0.2, 0) is 0 Å². The molecule has 3 N–H and O–H groups in total. The normalized spacial score (nSPS) is 18.3. The first-order valence-corrected chi connectivity index (χ1v) is 5.73. The van der Waals surface area contributed by atoms with Crippen LogP contribution in [0.3, 0.4) is 0 Å². The molecule has 1 saturated carbocycles. The Hall–Kier alpha value is -0.960. The summed E-state index contributed by atoms with van der Waals surface area (Å²) in [5.74, 6) is 1.46. The number of aromatic nitrogens is 1.